The van der Waals surface area contributed by atoms with Gasteiger partial charge in [-0.15, -0.1) is 11.3 Å². The van der Waals surface area contributed by atoms with Gasteiger partial charge >= 0.3 is 0 Å². The molecule has 0 bridgehead atoms. The molecule has 17 heavy (non-hydrogen) atoms. The van der Waals surface area contributed by atoms with Crippen LogP contribution in [0.15, 0.2) is 51.8 Å². The molecule has 0 spiro atoms. The van der Waals surface area contributed by atoms with Gasteiger partial charge in [0, 0.05) is 16.5 Å². The first-order chi connectivity index (χ1) is 8.38. The summed E-state index contributed by atoms with van der Waals surface area (Å²) in [5.74, 6) is 0. The van der Waals surface area contributed by atoms with E-state index >= 15 is 0 Å². The van der Waals surface area contributed by atoms with Crippen LogP contribution in [-0.4, -0.2) is 9.38 Å². The van der Waals surface area contributed by atoms with Crippen molar-refractivity contribution in [1.29, 1.82) is 5.26 Å². The van der Waals surface area contributed by atoms with Gasteiger partial charge in [-0.25, -0.2) is 4.98 Å². The SMILES string of the molecule is N#Cc1c(Sc2ccccc2)nc2sccn12. The Labute approximate surface area is 106 Å². The van der Waals surface area contributed by atoms with Crippen LogP contribution in [0.5, 0.6) is 0 Å². The Morgan fingerprint density at radius 2 is 2.12 bits per heavy atom. The Kier molecular flexibility index (Phi) is 2.59. The predicted octanol–water partition coefficient (Wildman–Crippen LogP) is 3.42. The highest BCUT2D eigenvalue weighted by molar-refractivity contribution is 7.99. The zero-order valence-corrected chi connectivity index (χ0v) is 10.3. The van der Waals surface area contributed by atoms with Crippen molar-refractivity contribution in [3.05, 3.63) is 47.6 Å². The molecular formula is C12H7N3S2. The van der Waals surface area contributed by atoms with E-state index < -0.39 is 0 Å². The van der Waals surface area contributed by atoms with Crippen LogP contribution in [0.2, 0.25) is 0 Å². The first-order valence-corrected chi connectivity index (χ1v) is 6.66. The minimum Gasteiger partial charge on any atom is -0.281 e. The largest absolute Gasteiger partial charge is 0.281 e. The minimum absolute atomic E-state index is 0.607. The van der Waals surface area contributed by atoms with E-state index in [-0.39, 0.29) is 0 Å². The average molecular weight is 257 g/mol. The molecule has 3 rings (SSSR count). The highest BCUT2D eigenvalue weighted by Crippen LogP contribution is 2.31. The van der Waals surface area contributed by atoms with Gasteiger partial charge in [0.1, 0.15) is 11.1 Å². The van der Waals surface area contributed by atoms with Crippen LogP contribution in [0.3, 0.4) is 0 Å². The van der Waals surface area contributed by atoms with E-state index in [9.17, 15) is 5.26 Å². The van der Waals surface area contributed by atoms with Crippen LogP contribution in [0.4, 0.5) is 0 Å². The Balaban J connectivity index is 2.06. The molecule has 2 aromatic heterocycles. The number of imidazole rings is 1. The van der Waals surface area contributed by atoms with Crippen molar-refractivity contribution >= 4 is 28.1 Å². The van der Waals surface area contributed by atoms with Crippen LogP contribution in [0.1, 0.15) is 5.69 Å². The highest BCUT2D eigenvalue weighted by Gasteiger charge is 2.13. The maximum absolute atomic E-state index is 9.18. The van der Waals surface area contributed by atoms with Gasteiger partial charge in [0.25, 0.3) is 0 Å². The van der Waals surface area contributed by atoms with Crippen molar-refractivity contribution in [2.75, 3.05) is 0 Å². The van der Waals surface area contributed by atoms with Crippen molar-refractivity contribution in [2.45, 2.75) is 9.92 Å². The summed E-state index contributed by atoms with van der Waals surface area (Å²) in [5.41, 5.74) is 0.607. The van der Waals surface area contributed by atoms with Crippen LogP contribution >= 0.6 is 23.1 Å². The molecule has 0 radical (unpaired) electrons. The first-order valence-electron chi connectivity index (χ1n) is 4.97. The number of fused-ring (bicyclic) bond motifs is 1. The van der Waals surface area contributed by atoms with E-state index in [0.29, 0.717) is 5.69 Å². The maximum atomic E-state index is 9.18. The topological polar surface area (TPSA) is 41.1 Å². The van der Waals surface area contributed by atoms with Crippen molar-refractivity contribution < 1.29 is 0 Å². The van der Waals surface area contributed by atoms with E-state index in [1.165, 1.54) is 23.1 Å². The fraction of sp³-hybridized carbons (Fsp3) is 0. The number of aromatic nitrogens is 2. The molecule has 0 saturated carbocycles. The van der Waals surface area contributed by atoms with E-state index in [1.54, 1.807) is 0 Å². The van der Waals surface area contributed by atoms with Crippen molar-refractivity contribution in [3.8, 4) is 6.07 Å². The summed E-state index contributed by atoms with van der Waals surface area (Å²) in [6.45, 7) is 0. The monoisotopic (exact) mass is 257 g/mol. The molecular weight excluding hydrogens is 250 g/mol. The average Bonchev–Trinajstić information content (AvgIpc) is 2.90. The fourth-order valence-corrected chi connectivity index (χ4v) is 3.20. The van der Waals surface area contributed by atoms with E-state index in [4.69, 9.17) is 0 Å². The number of benzene rings is 1. The zero-order chi connectivity index (χ0) is 11.7. The van der Waals surface area contributed by atoms with Gasteiger partial charge in [0.05, 0.1) is 0 Å². The standard InChI is InChI=1S/C12H7N3S2/c13-8-10-11(14-12-15(10)6-7-16-12)17-9-4-2-1-3-5-9/h1-7H. The predicted molar refractivity (Wildman–Crippen MR) is 68.3 cm³/mol. The molecule has 0 aliphatic carbocycles. The number of thiazole rings is 1. The van der Waals surface area contributed by atoms with Gasteiger partial charge in [0.2, 0.25) is 0 Å². The molecule has 0 amide bonds. The second kappa shape index (κ2) is 4.24. The normalized spacial score (nSPS) is 10.5. The molecule has 0 saturated heterocycles. The summed E-state index contributed by atoms with van der Waals surface area (Å²) in [4.78, 5) is 6.41. The lowest BCUT2D eigenvalue weighted by molar-refractivity contribution is 1.14. The number of nitriles is 1. The summed E-state index contributed by atoms with van der Waals surface area (Å²) >= 11 is 3.06. The zero-order valence-electron chi connectivity index (χ0n) is 8.70. The van der Waals surface area contributed by atoms with Crippen LogP contribution in [0, 0.1) is 11.3 Å². The third-order valence-electron chi connectivity index (χ3n) is 2.29. The second-order valence-electron chi connectivity index (χ2n) is 3.35. The molecule has 0 N–H and O–H groups in total. The Hall–Kier alpha value is -1.77. The third-order valence-corrected chi connectivity index (χ3v) is 4.04. The van der Waals surface area contributed by atoms with Crippen molar-refractivity contribution in [2.24, 2.45) is 0 Å². The summed E-state index contributed by atoms with van der Waals surface area (Å²) in [6, 6.07) is 12.2. The lowest BCUT2D eigenvalue weighted by Gasteiger charge is -1.97. The van der Waals surface area contributed by atoms with Gasteiger partial charge < -0.3 is 0 Å². The lowest BCUT2D eigenvalue weighted by Crippen LogP contribution is -1.83. The molecule has 0 atom stereocenters. The Bertz CT molecular complexity index is 691. The van der Waals surface area contributed by atoms with Gasteiger partial charge in [-0.2, -0.15) is 5.26 Å². The molecule has 0 fully saturated rings. The number of nitrogens with zero attached hydrogens (tertiary/aromatic N) is 3. The second-order valence-corrected chi connectivity index (χ2v) is 5.28. The summed E-state index contributed by atoms with van der Waals surface area (Å²) in [5, 5.41) is 11.9. The van der Waals surface area contributed by atoms with Gasteiger partial charge in [0.15, 0.2) is 10.7 Å². The number of hydrogen-bond acceptors (Lipinski definition) is 4. The maximum Gasteiger partial charge on any atom is 0.195 e. The van der Waals surface area contributed by atoms with Gasteiger partial charge in [-0.1, -0.05) is 30.0 Å². The smallest absolute Gasteiger partial charge is 0.195 e. The Morgan fingerprint density at radius 1 is 1.29 bits per heavy atom. The molecule has 0 unspecified atom stereocenters. The molecule has 3 aromatic rings. The third kappa shape index (κ3) is 1.82. The molecule has 0 aliphatic rings. The fourth-order valence-electron chi connectivity index (χ4n) is 1.54. The van der Waals surface area contributed by atoms with E-state index in [1.807, 2.05) is 46.3 Å². The molecule has 0 aliphatic heterocycles. The molecule has 82 valence electrons. The molecule has 5 heteroatoms. The quantitative estimate of drug-likeness (QED) is 0.706. The van der Waals surface area contributed by atoms with E-state index in [0.717, 1.165) is 14.9 Å². The van der Waals surface area contributed by atoms with Crippen molar-refractivity contribution in [3.63, 3.8) is 0 Å². The lowest BCUT2D eigenvalue weighted by atomic mass is 10.4. The van der Waals surface area contributed by atoms with Crippen LogP contribution in [0.25, 0.3) is 4.96 Å². The van der Waals surface area contributed by atoms with Crippen LogP contribution < -0.4 is 0 Å². The Morgan fingerprint density at radius 3 is 2.88 bits per heavy atom. The first kappa shape index (κ1) is 10.4. The summed E-state index contributed by atoms with van der Waals surface area (Å²) in [7, 11) is 0. The van der Waals surface area contributed by atoms with Crippen LogP contribution in [-0.2, 0) is 0 Å². The van der Waals surface area contributed by atoms with E-state index in [2.05, 4.69) is 11.1 Å². The number of rotatable bonds is 2. The summed E-state index contributed by atoms with van der Waals surface area (Å²) < 4.78 is 1.83. The summed E-state index contributed by atoms with van der Waals surface area (Å²) in [6.07, 6.45) is 1.88. The molecule has 1 aromatic carbocycles. The molecule has 3 nitrogen and oxygen atoms in total. The molecule has 2 heterocycles. The highest BCUT2D eigenvalue weighted by atomic mass is 32.2. The van der Waals surface area contributed by atoms with Gasteiger partial charge in [-0.05, 0) is 12.1 Å². The van der Waals surface area contributed by atoms with Crippen molar-refractivity contribution in [1.82, 2.24) is 9.38 Å². The van der Waals surface area contributed by atoms with Gasteiger partial charge in [-0.3, -0.25) is 4.40 Å². The minimum atomic E-state index is 0.607. The number of hydrogen-bond donors (Lipinski definition) is 0.